The molecule has 124 valence electrons. The number of hydrogen-bond donors (Lipinski definition) is 1. The second-order valence-electron chi connectivity index (χ2n) is 5.27. The minimum absolute atomic E-state index is 0.0342. The van der Waals surface area contributed by atoms with Crippen molar-refractivity contribution in [2.45, 2.75) is 31.7 Å². The fourth-order valence-corrected chi connectivity index (χ4v) is 2.40. The zero-order valence-electron chi connectivity index (χ0n) is 12.7. The Morgan fingerprint density at radius 3 is 3.00 bits per heavy atom. The summed E-state index contributed by atoms with van der Waals surface area (Å²) in [6, 6.07) is 5.18. The summed E-state index contributed by atoms with van der Waals surface area (Å²) in [6.45, 7) is 0.898. The lowest BCUT2D eigenvalue weighted by atomic mass is 10.0. The highest BCUT2D eigenvalue weighted by molar-refractivity contribution is 6.29. The van der Waals surface area contributed by atoms with Crippen molar-refractivity contribution >= 4 is 23.5 Å². The molecular weight excluding hydrogens is 320 g/mol. The maximum Gasteiger partial charge on any atom is 0.303 e. The first-order valence-electron chi connectivity index (χ1n) is 7.48. The van der Waals surface area contributed by atoms with Crippen LogP contribution in [0.4, 0.5) is 0 Å². The standard InChI is InChI=1S/C16H19ClN2O4/c17-13-6-5-7-14(18-13)23-11-12-10-15(20)19(12)9-4-2-1-3-8-16(21)22/h2,4-7,12H,1,3,8-11H2,(H,21,22)/b4-2-/t12-/m1/s1. The SMILES string of the molecule is O=C(O)CCC/C=C\CN1C(=O)C[C@@H]1COc1cccc(Cl)n1. The summed E-state index contributed by atoms with van der Waals surface area (Å²) in [4.78, 5) is 27.8. The van der Waals surface area contributed by atoms with Crippen molar-refractivity contribution < 1.29 is 19.4 Å². The van der Waals surface area contributed by atoms with Crippen LogP contribution in [0, 0.1) is 0 Å². The Kier molecular flexibility index (Phi) is 6.40. The maximum absolute atomic E-state index is 11.6. The number of carbonyl (C=O) groups excluding carboxylic acids is 1. The highest BCUT2D eigenvalue weighted by atomic mass is 35.5. The predicted molar refractivity (Wildman–Crippen MR) is 85.5 cm³/mol. The van der Waals surface area contributed by atoms with Crippen molar-refractivity contribution in [2.24, 2.45) is 0 Å². The third-order valence-corrected chi connectivity index (χ3v) is 3.73. The van der Waals surface area contributed by atoms with Gasteiger partial charge in [0.2, 0.25) is 11.8 Å². The fourth-order valence-electron chi connectivity index (χ4n) is 2.25. The number of likely N-dealkylation sites (tertiary alicyclic amines) is 1. The summed E-state index contributed by atoms with van der Waals surface area (Å²) < 4.78 is 5.56. The molecule has 1 aliphatic rings. The Morgan fingerprint density at radius 1 is 1.48 bits per heavy atom. The zero-order chi connectivity index (χ0) is 16.7. The molecule has 1 saturated heterocycles. The number of pyridine rings is 1. The maximum atomic E-state index is 11.6. The first-order chi connectivity index (χ1) is 11.1. The molecule has 1 aromatic heterocycles. The van der Waals surface area contributed by atoms with Crippen LogP contribution in [-0.4, -0.2) is 46.1 Å². The van der Waals surface area contributed by atoms with E-state index >= 15 is 0 Å². The van der Waals surface area contributed by atoms with Gasteiger partial charge < -0.3 is 14.7 Å². The number of nitrogens with zero attached hydrogens (tertiary/aromatic N) is 2. The van der Waals surface area contributed by atoms with Gasteiger partial charge in [0.05, 0.1) is 12.5 Å². The van der Waals surface area contributed by atoms with Gasteiger partial charge in [-0.1, -0.05) is 29.8 Å². The van der Waals surface area contributed by atoms with E-state index in [9.17, 15) is 9.59 Å². The molecule has 0 spiro atoms. The lowest BCUT2D eigenvalue weighted by Crippen LogP contribution is -2.55. The minimum atomic E-state index is -0.789. The second kappa shape index (κ2) is 8.53. The molecule has 2 rings (SSSR count). The second-order valence-corrected chi connectivity index (χ2v) is 5.66. The van der Waals surface area contributed by atoms with Gasteiger partial charge in [-0.2, -0.15) is 0 Å². The Labute approximate surface area is 139 Å². The predicted octanol–water partition coefficient (Wildman–Crippen LogP) is 2.53. The molecule has 0 saturated carbocycles. The number of carbonyl (C=O) groups is 2. The smallest absolute Gasteiger partial charge is 0.303 e. The quantitative estimate of drug-likeness (QED) is 0.324. The van der Waals surface area contributed by atoms with E-state index in [1.54, 1.807) is 23.1 Å². The van der Waals surface area contributed by atoms with E-state index in [1.807, 2.05) is 12.2 Å². The van der Waals surface area contributed by atoms with Crippen LogP contribution in [0.5, 0.6) is 5.88 Å². The first kappa shape index (κ1) is 17.3. The molecule has 1 aliphatic heterocycles. The van der Waals surface area contributed by atoms with Gasteiger partial charge in [0.1, 0.15) is 11.8 Å². The van der Waals surface area contributed by atoms with Crippen molar-refractivity contribution in [1.29, 1.82) is 0 Å². The lowest BCUT2D eigenvalue weighted by Gasteiger charge is -2.39. The number of aliphatic carboxylic acids is 1. The van der Waals surface area contributed by atoms with Gasteiger partial charge in [0.15, 0.2) is 0 Å². The van der Waals surface area contributed by atoms with E-state index in [-0.39, 0.29) is 18.4 Å². The van der Waals surface area contributed by atoms with Crippen LogP contribution in [-0.2, 0) is 9.59 Å². The highest BCUT2D eigenvalue weighted by Gasteiger charge is 2.35. The number of ether oxygens (including phenoxy) is 1. The average molecular weight is 339 g/mol. The summed E-state index contributed by atoms with van der Waals surface area (Å²) in [5.41, 5.74) is 0. The van der Waals surface area contributed by atoms with Gasteiger partial charge in [0, 0.05) is 19.0 Å². The number of carboxylic acids is 1. The van der Waals surface area contributed by atoms with Crippen molar-refractivity contribution in [3.05, 3.63) is 35.5 Å². The Hall–Kier alpha value is -2.08. The van der Waals surface area contributed by atoms with E-state index in [2.05, 4.69) is 4.98 Å². The topological polar surface area (TPSA) is 79.7 Å². The molecular formula is C16H19ClN2O4. The molecule has 0 bridgehead atoms. The van der Waals surface area contributed by atoms with Crippen molar-refractivity contribution in [2.75, 3.05) is 13.2 Å². The number of rotatable bonds is 9. The van der Waals surface area contributed by atoms with E-state index in [1.165, 1.54) is 0 Å². The molecule has 0 radical (unpaired) electrons. The Bertz CT molecular complexity index is 591. The normalized spacial score (nSPS) is 17.3. The van der Waals surface area contributed by atoms with Crippen LogP contribution in [0.1, 0.15) is 25.7 Å². The third kappa shape index (κ3) is 5.56. The van der Waals surface area contributed by atoms with Crippen LogP contribution in [0.2, 0.25) is 5.15 Å². The van der Waals surface area contributed by atoms with Gasteiger partial charge in [-0.3, -0.25) is 9.59 Å². The summed E-state index contributed by atoms with van der Waals surface area (Å²) in [5, 5.41) is 8.91. The van der Waals surface area contributed by atoms with E-state index in [0.29, 0.717) is 43.4 Å². The van der Waals surface area contributed by atoms with Gasteiger partial charge in [-0.25, -0.2) is 4.98 Å². The van der Waals surface area contributed by atoms with E-state index in [0.717, 1.165) is 0 Å². The molecule has 23 heavy (non-hydrogen) atoms. The number of allylic oxidation sites excluding steroid dienone is 1. The molecule has 6 nitrogen and oxygen atoms in total. The molecule has 1 N–H and O–H groups in total. The summed E-state index contributed by atoms with van der Waals surface area (Å²) in [6.07, 6.45) is 5.73. The zero-order valence-corrected chi connectivity index (χ0v) is 13.4. The van der Waals surface area contributed by atoms with Crippen molar-refractivity contribution in [1.82, 2.24) is 9.88 Å². The van der Waals surface area contributed by atoms with Crippen LogP contribution in [0.15, 0.2) is 30.4 Å². The lowest BCUT2D eigenvalue weighted by molar-refractivity contribution is -0.146. The highest BCUT2D eigenvalue weighted by Crippen LogP contribution is 2.20. The van der Waals surface area contributed by atoms with Crippen LogP contribution < -0.4 is 4.74 Å². The molecule has 7 heteroatoms. The first-order valence-corrected chi connectivity index (χ1v) is 7.85. The number of aromatic nitrogens is 1. The number of β-lactam (4-membered cyclic amide) rings is 1. The Balaban J connectivity index is 1.70. The van der Waals surface area contributed by atoms with Crippen LogP contribution in [0.25, 0.3) is 0 Å². The van der Waals surface area contributed by atoms with Gasteiger partial charge in [0.25, 0.3) is 0 Å². The molecule has 1 amide bonds. The number of hydrogen-bond acceptors (Lipinski definition) is 4. The summed E-state index contributed by atoms with van der Waals surface area (Å²) >= 11 is 5.79. The molecule has 2 heterocycles. The minimum Gasteiger partial charge on any atom is -0.481 e. The molecule has 0 aliphatic carbocycles. The third-order valence-electron chi connectivity index (χ3n) is 3.51. The fraction of sp³-hybridized carbons (Fsp3) is 0.438. The van der Waals surface area contributed by atoms with E-state index in [4.69, 9.17) is 21.4 Å². The van der Waals surface area contributed by atoms with E-state index < -0.39 is 5.97 Å². The molecule has 1 fully saturated rings. The monoisotopic (exact) mass is 338 g/mol. The number of amides is 1. The van der Waals surface area contributed by atoms with Crippen molar-refractivity contribution in [3.63, 3.8) is 0 Å². The van der Waals surface area contributed by atoms with Gasteiger partial charge in [-0.15, -0.1) is 0 Å². The average Bonchev–Trinajstić information content (AvgIpc) is 2.50. The van der Waals surface area contributed by atoms with Gasteiger partial charge in [-0.05, 0) is 18.9 Å². The van der Waals surface area contributed by atoms with Crippen molar-refractivity contribution in [3.8, 4) is 5.88 Å². The molecule has 0 unspecified atom stereocenters. The number of carboxylic acid groups (broad SMARTS) is 1. The molecule has 1 aromatic rings. The number of unbranched alkanes of at least 4 members (excludes halogenated alkanes) is 1. The van der Waals surface area contributed by atoms with Gasteiger partial charge >= 0.3 is 5.97 Å². The van der Waals surface area contributed by atoms with Crippen LogP contribution in [0.3, 0.4) is 0 Å². The number of halogens is 1. The largest absolute Gasteiger partial charge is 0.481 e. The Morgan fingerprint density at radius 2 is 2.30 bits per heavy atom. The van der Waals surface area contributed by atoms with Crippen LogP contribution >= 0.6 is 11.6 Å². The molecule has 1 atom stereocenters. The molecule has 0 aromatic carbocycles. The summed E-state index contributed by atoms with van der Waals surface area (Å²) in [5.74, 6) is -0.253. The summed E-state index contributed by atoms with van der Waals surface area (Å²) in [7, 11) is 0.